The van der Waals surface area contributed by atoms with Crippen LogP contribution in [-0.4, -0.2) is 77.9 Å². The third-order valence-electron chi connectivity index (χ3n) is 9.33. The van der Waals surface area contributed by atoms with Crippen molar-refractivity contribution in [3.8, 4) is 0 Å². The monoisotopic (exact) mass is 600 g/mol. The quantitative estimate of drug-likeness (QED) is 0.251. The number of para-hydroxylation sites is 1. The predicted octanol–water partition coefficient (Wildman–Crippen LogP) is 6.42. The van der Waals surface area contributed by atoms with Gasteiger partial charge in [0.05, 0.1) is 5.92 Å². The Hall–Kier alpha value is -3.52. The Morgan fingerprint density at radius 1 is 1.00 bits per heavy atom. The number of aromatic nitrogens is 1. The van der Waals surface area contributed by atoms with E-state index in [9.17, 15) is 9.59 Å². The SMILES string of the molecule is COCCCn1cc(CN(C(=O)[C@H]2CN(C(=O)OC(C)(C)C)CC[C@@H]2c2cccc(N3CCC3)c2)C2CC2)c2ccccc21. The largest absolute Gasteiger partial charge is 0.444 e. The highest BCUT2D eigenvalue weighted by molar-refractivity contribution is 5.86. The van der Waals surface area contributed by atoms with Gasteiger partial charge in [0.1, 0.15) is 5.60 Å². The standard InChI is InChI=1S/C36H48N4O4/c1-36(2,3)44-35(42)39-20-16-30(26-10-7-11-29(22-26)37-17-8-18-37)32(25-39)34(41)40(28-14-15-28)24-27-23-38(19-9-21-43-4)33-13-6-5-12-31(27)33/h5-7,10-13,22-23,28,30,32H,8-9,14-21,24-25H2,1-4H3/t30-,32+/m1/s1. The fraction of sp³-hybridized carbons (Fsp3) is 0.556. The number of carbonyl (C=O) groups excluding carboxylic acids is 2. The number of ether oxygens (including phenoxy) is 2. The van der Waals surface area contributed by atoms with Crippen molar-refractivity contribution in [3.63, 3.8) is 0 Å². The van der Waals surface area contributed by atoms with Crippen molar-refractivity contribution in [2.24, 2.45) is 5.92 Å². The smallest absolute Gasteiger partial charge is 0.410 e. The molecule has 1 aliphatic carbocycles. The minimum Gasteiger partial charge on any atom is -0.444 e. The second-order valence-corrected chi connectivity index (χ2v) is 13.8. The molecule has 0 bridgehead atoms. The summed E-state index contributed by atoms with van der Waals surface area (Å²) in [6, 6.07) is 17.5. The van der Waals surface area contributed by atoms with E-state index in [0.717, 1.165) is 45.3 Å². The van der Waals surface area contributed by atoms with Gasteiger partial charge in [-0.2, -0.15) is 0 Å². The number of hydrogen-bond donors (Lipinski definition) is 0. The molecule has 8 heteroatoms. The Morgan fingerprint density at radius 2 is 1.80 bits per heavy atom. The first-order valence-corrected chi connectivity index (χ1v) is 16.4. The summed E-state index contributed by atoms with van der Waals surface area (Å²) < 4.78 is 13.4. The number of rotatable bonds is 10. The van der Waals surface area contributed by atoms with Gasteiger partial charge in [-0.05, 0) is 88.1 Å². The molecule has 236 valence electrons. The van der Waals surface area contributed by atoms with Crippen molar-refractivity contribution < 1.29 is 19.1 Å². The van der Waals surface area contributed by atoms with Crippen LogP contribution in [0.4, 0.5) is 10.5 Å². The lowest BCUT2D eigenvalue weighted by molar-refractivity contribution is -0.139. The molecule has 2 aliphatic heterocycles. The van der Waals surface area contributed by atoms with Gasteiger partial charge in [0, 0.05) is 81.8 Å². The van der Waals surface area contributed by atoms with Crippen LogP contribution in [0.25, 0.3) is 10.9 Å². The zero-order chi connectivity index (χ0) is 30.8. The van der Waals surface area contributed by atoms with E-state index < -0.39 is 5.60 Å². The molecule has 3 aliphatic rings. The highest BCUT2D eigenvalue weighted by Gasteiger charge is 2.43. The number of carbonyl (C=O) groups is 2. The van der Waals surface area contributed by atoms with Crippen molar-refractivity contribution >= 4 is 28.6 Å². The van der Waals surface area contributed by atoms with Gasteiger partial charge in [-0.3, -0.25) is 4.79 Å². The van der Waals surface area contributed by atoms with Crippen LogP contribution in [0.5, 0.6) is 0 Å². The minimum absolute atomic E-state index is 0.0408. The maximum absolute atomic E-state index is 14.8. The molecule has 1 aromatic heterocycles. The third-order valence-corrected chi connectivity index (χ3v) is 9.33. The van der Waals surface area contributed by atoms with Crippen LogP contribution in [0.15, 0.2) is 54.7 Å². The summed E-state index contributed by atoms with van der Waals surface area (Å²) in [7, 11) is 1.74. The second-order valence-electron chi connectivity index (χ2n) is 13.8. The second kappa shape index (κ2) is 12.8. The fourth-order valence-electron chi connectivity index (χ4n) is 6.80. The summed E-state index contributed by atoms with van der Waals surface area (Å²) in [6.45, 7) is 10.9. The molecular weight excluding hydrogens is 552 g/mol. The van der Waals surface area contributed by atoms with Gasteiger partial charge in [0.25, 0.3) is 0 Å². The zero-order valence-corrected chi connectivity index (χ0v) is 26.8. The molecule has 2 amide bonds. The molecule has 2 atom stereocenters. The highest BCUT2D eigenvalue weighted by atomic mass is 16.6. The number of hydrogen-bond acceptors (Lipinski definition) is 5. The van der Waals surface area contributed by atoms with E-state index in [4.69, 9.17) is 9.47 Å². The van der Waals surface area contributed by atoms with Gasteiger partial charge in [0.15, 0.2) is 0 Å². The molecule has 0 unspecified atom stereocenters. The predicted molar refractivity (Wildman–Crippen MR) is 174 cm³/mol. The number of benzene rings is 2. The molecule has 8 nitrogen and oxygen atoms in total. The molecule has 3 fully saturated rings. The highest BCUT2D eigenvalue weighted by Crippen LogP contribution is 2.40. The lowest BCUT2D eigenvalue weighted by Crippen LogP contribution is -2.51. The number of piperidine rings is 1. The van der Waals surface area contributed by atoms with Crippen molar-refractivity contribution in [1.82, 2.24) is 14.4 Å². The lowest BCUT2D eigenvalue weighted by atomic mass is 9.79. The summed E-state index contributed by atoms with van der Waals surface area (Å²) in [6.07, 6.45) is 6.83. The van der Waals surface area contributed by atoms with E-state index in [1.165, 1.54) is 34.1 Å². The Morgan fingerprint density at radius 3 is 2.50 bits per heavy atom. The van der Waals surface area contributed by atoms with Crippen LogP contribution in [0.3, 0.4) is 0 Å². The molecule has 2 aromatic carbocycles. The van der Waals surface area contributed by atoms with Crippen LogP contribution in [-0.2, 0) is 27.4 Å². The summed E-state index contributed by atoms with van der Waals surface area (Å²) in [5.41, 5.74) is 4.21. The van der Waals surface area contributed by atoms with Crippen LogP contribution in [0.2, 0.25) is 0 Å². The van der Waals surface area contributed by atoms with Gasteiger partial charge in [-0.25, -0.2) is 4.79 Å². The number of anilines is 1. The van der Waals surface area contributed by atoms with Crippen LogP contribution < -0.4 is 4.90 Å². The molecule has 3 heterocycles. The number of fused-ring (bicyclic) bond motifs is 1. The summed E-state index contributed by atoms with van der Waals surface area (Å²) >= 11 is 0. The summed E-state index contributed by atoms with van der Waals surface area (Å²) in [4.78, 5) is 34.3. The number of methoxy groups -OCH3 is 1. The molecule has 44 heavy (non-hydrogen) atoms. The van der Waals surface area contributed by atoms with E-state index in [1.54, 1.807) is 12.0 Å². The third kappa shape index (κ3) is 6.75. The molecule has 3 aromatic rings. The summed E-state index contributed by atoms with van der Waals surface area (Å²) in [5.74, 6) is -0.145. The number of nitrogens with zero attached hydrogens (tertiary/aromatic N) is 4. The first kappa shape index (κ1) is 30.5. The first-order chi connectivity index (χ1) is 21.2. The van der Waals surface area contributed by atoms with E-state index in [1.807, 2.05) is 20.8 Å². The van der Waals surface area contributed by atoms with E-state index >= 15 is 0 Å². The molecule has 1 saturated carbocycles. The molecule has 0 N–H and O–H groups in total. The Labute approximate surface area is 261 Å². The lowest BCUT2D eigenvalue weighted by Gasteiger charge is -2.41. The van der Waals surface area contributed by atoms with Gasteiger partial charge >= 0.3 is 6.09 Å². The number of amides is 2. The molecule has 6 rings (SSSR count). The first-order valence-electron chi connectivity index (χ1n) is 16.4. The average Bonchev–Trinajstić information content (AvgIpc) is 3.76. The Bertz CT molecular complexity index is 1470. The van der Waals surface area contributed by atoms with Crippen molar-refractivity contribution in [1.29, 1.82) is 0 Å². The maximum atomic E-state index is 14.8. The van der Waals surface area contributed by atoms with Crippen molar-refractivity contribution in [3.05, 3.63) is 65.9 Å². The van der Waals surface area contributed by atoms with E-state index in [0.29, 0.717) is 26.2 Å². The topological polar surface area (TPSA) is 67.2 Å². The number of likely N-dealkylation sites (tertiary alicyclic amines) is 1. The van der Waals surface area contributed by atoms with Gasteiger partial charge in [0.2, 0.25) is 5.91 Å². The van der Waals surface area contributed by atoms with Crippen LogP contribution in [0.1, 0.15) is 69.9 Å². The van der Waals surface area contributed by atoms with E-state index in [2.05, 4.69) is 69.1 Å². The number of aryl methyl sites for hydroxylation is 1. The zero-order valence-electron chi connectivity index (χ0n) is 26.8. The van der Waals surface area contributed by atoms with Crippen LogP contribution >= 0.6 is 0 Å². The van der Waals surface area contributed by atoms with Gasteiger partial charge < -0.3 is 28.7 Å². The molecule has 2 saturated heterocycles. The minimum atomic E-state index is -0.587. The van der Waals surface area contributed by atoms with E-state index in [-0.39, 0.29) is 29.9 Å². The summed E-state index contributed by atoms with van der Waals surface area (Å²) in [5, 5.41) is 1.20. The normalized spacial score (nSPS) is 20.5. The van der Waals surface area contributed by atoms with Crippen LogP contribution in [0, 0.1) is 5.92 Å². The molecule has 0 spiro atoms. The fourth-order valence-corrected chi connectivity index (χ4v) is 6.80. The Balaban J connectivity index is 1.30. The van der Waals surface area contributed by atoms with Gasteiger partial charge in [-0.1, -0.05) is 30.3 Å². The molecular formula is C36H48N4O4. The van der Waals surface area contributed by atoms with Crippen molar-refractivity contribution in [2.75, 3.05) is 44.8 Å². The Kier molecular flexibility index (Phi) is 8.90. The van der Waals surface area contributed by atoms with Crippen molar-refractivity contribution in [2.45, 2.75) is 83.5 Å². The average molecular weight is 601 g/mol. The maximum Gasteiger partial charge on any atom is 0.410 e. The molecule has 0 radical (unpaired) electrons. The van der Waals surface area contributed by atoms with Gasteiger partial charge in [-0.15, -0.1) is 0 Å².